The fourth-order valence-corrected chi connectivity index (χ4v) is 1.96. The van der Waals surface area contributed by atoms with Crippen LogP contribution in [-0.2, 0) is 0 Å². The van der Waals surface area contributed by atoms with Crippen molar-refractivity contribution in [3.63, 3.8) is 0 Å². The SMILES string of the molecule is CCC1C=[N+](C)CC(CC)C1.[O-][Cl+3]([O-])([O-])[O-]. The van der Waals surface area contributed by atoms with Crippen molar-refractivity contribution in [3.05, 3.63) is 0 Å². The van der Waals surface area contributed by atoms with Crippen molar-refractivity contribution in [3.8, 4) is 0 Å². The Morgan fingerprint density at radius 2 is 1.69 bits per heavy atom. The molecule has 1 aliphatic rings. The summed E-state index contributed by atoms with van der Waals surface area (Å²) < 4.78 is 36.3. The summed E-state index contributed by atoms with van der Waals surface area (Å²) in [6, 6.07) is 0. The molecule has 0 saturated carbocycles. The van der Waals surface area contributed by atoms with Crippen LogP contribution >= 0.6 is 0 Å². The molecule has 0 N–H and O–H groups in total. The highest BCUT2D eigenvalue weighted by atomic mass is 35.7. The fraction of sp³-hybridized carbons (Fsp3) is 0.900. The minimum atomic E-state index is -4.94. The summed E-state index contributed by atoms with van der Waals surface area (Å²) in [5.41, 5.74) is 0. The molecule has 0 radical (unpaired) electrons. The van der Waals surface area contributed by atoms with E-state index in [1.54, 1.807) is 0 Å². The van der Waals surface area contributed by atoms with E-state index in [0.717, 1.165) is 11.8 Å². The topological polar surface area (TPSA) is 95.2 Å². The van der Waals surface area contributed by atoms with Crippen molar-refractivity contribution in [1.29, 1.82) is 0 Å². The summed E-state index contributed by atoms with van der Waals surface area (Å²) in [5.74, 6) is 1.79. The second-order valence-electron chi connectivity index (χ2n) is 4.14. The van der Waals surface area contributed by atoms with Crippen LogP contribution in [0, 0.1) is 22.1 Å². The summed E-state index contributed by atoms with van der Waals surface area (Å²) in [7, 11) is -2.75. The van der Waals surface area contributed by atoms with Gasteiger partial charge in [-0.25, -0.2) is 23.2 Å². The quantitative estimate of drug-likeness (QED) is 0.504. The Hall–Kier alpha value is -0.200. The summed E-state index contributed by atoms with van der Waals surface area (Å²) in [6.07, 6.45) is 6.46. The van der Waals surface area contributed by atoms with Crippen molar-refractivity contribution >= 4 is 6.21 Å². The molecule has 0 spiro atoms. The maximum Gasteiger partial charge on any atom is 0.145 e. The first-order valence-corrected chi connectivity index (χ1v) is 6.66. The second-order valence-corrected chi connectivity index (χ2v) is 4.90. The standard InChI is InChI=1S/C10H20N.ClHO4/c1-4-9-6-10(5-2)8-11(3)7-9;2-1(3,4)5/h7,9-10H,4-6,8H2,1-3H3;(H,2,3,4,5)/q+1;/p-1. The molecule has 1 rings (SSSR count). The van der Waals surface area contributed by atoms with E-state index >= 15 is 0 Å². The van der Waals surface area contributed by atoms with Crippen LogP contribution in [0.3, 0.4) is 0 Å². The highest BCUT2D eigenvalue weighted by molar-refractivity contribution is 5.55. The van der Waals surface area contributed by atoms with Crippen molar-refractivity contribution in [2.45, 2.75) is 33.1 Å². The lowest BCUT2D eigenvalue weighted by atomic mass is 9.89. The van der Waals surface area contributed by atoms with Gasteiger partial charge in [-0.05, 0) is 19.3 Å². The first-order valence-electron chi connectivity index (χ1n) is 5.43. The molecule has 2 atom stereocenters. The Morgan fingerprint density at radius 1 is 1.19 bits per heavy atom. The molecule has 6 heteroatoms. The van der Waals surface area contributed by atoms with Gasteiger partial charge in [-0.2, -0.15) is 0 Å². The highest BCUT2D eigenvalue weighted by Gasteiger charge is 2.22. The van der Waals surface area contributed by atoms with Crippen LogP contribution in [0.1, 0.15) is 33.1 Å². The minimum absolute atomic E-state index is 0.846. The first-order chi connectivity index (χ1) is 7.26. The van der Waals surface area contributed by atoms with Gasteiger partial charge in [-0.3, -0.25) is 0 Å². The predicted octanol–water partition coefficient (Wildman–Crippen LogP) is -2.60. The molecule has 0 bridgehead atoms. The monoisotopic (exact) mass is 253 g/mol. The van der Waals surface area contributed by atoms with E-state index in [9.17, 15) is 0 Å². The molecule has 0 fully saturated rings. The van der Waals surface area contributed by atoms with Crippen molar-refractivity contribution in [2.24, 2.45) is 11.8 Å². The third-order valence-corrected chi connectivity index (χ3v) is 2.75. The van der Waals surface area contributed by atoms with Crippen molar-refractivity contribution in [2.75, 3.05) is 13.6 Å². The van der Waals surface area contributed by atoms with Gasteiger partial charge >= 0.3 is 0 Å². The van der Waals surface area contributed by atoms with E-state index in [-0.39, 0.29) is 0 Å². The average Bonchev–Trinajstić information content (AvgIpc) is 2.14. The van der Waals surface area contributed by atoms with Crippen LogP contribution in [0.4, 0.5) is 0 Å². The number of nitrogens with zero attached hydrogens (tertiary/aromatic N) is 1. The number of rotatable bonds is 2. The zero-order valence-electron chi connectivity index (χ0n) is 10.0. The number of hydrogen-bond donors (Lipinski definition) is 0. The molecule has 2 unspecified atom stereocenters. The summed E-state index contributed by atoms with van der Waals surface area (Å²) in [4.78, 5) is 0. The van der Waals surface area contributed by atoms with Crippen LogP contribution in [0.25, 0.3) is 0 Å². The highest BCUT2D eigenvalue weighted by Crippen LogP contribution is 2.20. The Kier molecular flexibility index (Phi) is 7.10. The molecule has 1 aliphatic heterocycles. The van der Waals surface area contributed by atoms with Gasteiger partial charge in [0.05, 0.1) is 0 Å². The lowest BCUT2D eigenvalue weighted by Crippen LogP contribution is -2.68. The average molecular weight is 254 g/mol. The first kappa shape index (κ1) is 15.8. The maximum atomic E-state index is 8.49. The van der Waals surface area contributed by atoms with E-state index in [1.165, 1.54) is 25.8 Å². The van der Waals surface area contributed by atoms with E-state index in [0.29, 0.717) is 0 Å². The number of hydrogen-bond acceptors (Lipinski definition) is 4. The van der Waals surface area contributed by atoms with E-state index in [1.807, 2.05) is 0 Å². The molecular weight excluding hydrogens is 234 g/mol. The largest absolute Gasteiger partial charge is 0.242 e. The maximum absolute atomic E-state index is 8.49. The molecule has 0 aromatic rings. The summed E-state index contributed by atoms with van der Waals surface area (Å²) in [5, 5.41) is 0. The van der Waals surface area contributed by atoms with Gasteiger partial charge < -0.3 is 0 Å². The van der Waals surface area contributed by atoms with E-state index in [4.69, 9.17) is 18.6 Å². The van der Waals surface area contributed by atoms with Crippen LogP contribution < -0.4 is 18.6 Å². The molecule has 0 aromatic carbocycles. The molecular formula is C10H20ClNO4. The molecule has 96 valence electrons. The van der Waals surface area contributed by atoms with Crippen LogP contribution in [0.15, 0.2) is 0 Å². The normalized spacial score (nSPS) is 25.6. The third-order valence-electron chi connectivity index (χ3n) is 2.75. The lowest BCUT2D eigenvalue weighted by Gasteiger charge is -2.20. The Morgan fingerprint density at radius 3 is 2.06 bits per heavy atom. The van der Waals surface area contributed by atoms with Crippen LogP contribution in [0.5, 0.6) is 0 Å². The molecule has 0 saturated heterocycles. The minimum Gasteiger partial charge on any atom is -0.242 e. The smallest absolute Gasteiger partial charge is 0.145 e. The predicted molar refractivity (Wildman–Crippen MR) is 49.3 cm³/mol. The molecule has 0 amide bonds. The molecule has 16 heavy (non-hydrogen) atoms. The van der Waals surface area contributed by atoms with Gasteiger partial charge in [0.1, 0.15) is 19.8 Å². The van der Waals surface area contributed by atoms with E-state index in [2.05, 4.69) is 31.7 Å². The second kappa shape index (κ2) is 7.19. The van der Waals surface area contributed by atoms with Gasteiger partial charge in [0, 0.05) is 11.8 Å². The third kappa shape index (κ3) is 9.06. The van der Waals surface area contributed by atoms with Gasteiger partial charge in [0.25, 0.3) is 0 Å². The summed E-state index contributed by atoms with van der Waals surface area (Å²) in [6.45, 7) is 5.86. The van der Waals surface area contributed by atoms with Crippen LogP contribution in [-0.4, -0.2) is 24.4 Å². The zero-order valence-corrected chi connectivity index (χ0v) is 10.8. The molecule has 5 nitrogen and oxygen atoms in total. The Labute approximate surface area is 98.8 Å². The number of halogens is 1. The molecule has 0 aliphatic carbocycles. The Bertz CT molecular complexity index is 221. The van der Waals surface area contributed by atoms with Gasteiger partial charge in [0.15, 0.2) is 0 Å². The fourth-order valence-electron chi connectivity index (χ4n) is 1.96. The van der Waals surface area contributed by atoms with Gasteiger partial charge in [-0.1, -0.05) is 13.8 Å². The Balaban J connectivity index is 0.000000385. The van der Waals surface area contributed by atoms with Crippen molar-refractivity contribution in [1.82, 2.24) is 0 Å². The molecule has 0 aromatic heterocycles. The lowest BCUT2D eigenvalue weighted by molar-refractivity contribution is -2.00. The molecule has 1 heterocycles. The zero-order chi connectivity index (χ0) is 12.8. The van der Waals surface area contributed by atoms with Gasteiger partial charge in [-0.15, -0.1) is 10.2 Å². The van der Waals surface area contributed by atoms with Crippen LogP contribution in [0.2, 0.25) is 0 Å². The van der Waals surface area contributed by atoms with Crippen molar-refractivity contribution < 1.29 is 33.5 Å². The van der Waals surface area contributed by atoms with Gasteiger partial charge in [0.2, 0.25) is 0 Å². The summed E-state index contributed by atoms with van der Waals surface area (Å²) >= 11 is 0. The van der Waals surface area contributed by atoms with E-state index < -0.39 is 10.2 Å².